The van der Waals surface area contributed by atoms with Gasteiger partial charge in [-0.1, -0.05) is 13.8 Å². The predicted octanol–water partition coefficient (Wildman–Crippen LogP) is 2.87. The molecule has 4 nitrogen and oxygen atoms in total. The van der Waals surface area contributed by atoms with Gasteiger partial charge in [-0.3, -0.25) is 4.79 Å². The van der Waals surface area contributed by atoms with Gasteiger partial charge in [0.25, 0.3) is 5.91 Å². The van der Waals surface area contributed by atoms with Gasteiger partial charge in [-0.25, -0.2) is 0 Å². The highest BCUT2D eigenvalue weighted by Crippen LogP contribution is 2.21. The van der Waals surface area contributed by atoms with Gasteiger partial charge in [0.1, 0.15) is 0 Å². The molecule has 0 bridgehead atoms. The van der Waals surface area contributed by atoms with Gasteiger partial charge in [0.05, 0.1) is 17.0 Å². The Balaban J connectivity index is 2.62. The maximum Gasteiger partial charge on any atom is 0.253 e. The number of alkyl halides is 1. The summed E-state index contributed by atoms with van der Waals surface area (Å²) in [7, 11) is 0. The van der Waals surface area contributed by atoms with Crippen LogP contribution in [0.3, 0.4) is 0 Å². The molecule has 0 fully saturated rings. The molecule has 1 aromatic heterocycles. The summed E-state index contributed by atoms with van der Waals surface area (Å²) in [6, 6.07) is 1.77. The first kappa shape index (κ1) is 15.9. The molecule has 0 aromatic carbocycles. The second kappa shape index (κ2) is 6.85. The molecule has 0 aliphatic carbocycles. The molecule has 106 valence electrons. The highest BCUT2D eigenvalue weighted by Gasteiger charge is 2.19. The van der Waals surface area contributed by atoms with Crippen LogP contribution in [0.15, 0.2) is 6.07 Å². The third-order valence-electron chi connectivity index (χ3n) is 3.06. The zero-order valence-corrected chi connectivity index (χ0v) is 12.8. The number of aromatic nitrogens is 2. The molecule has 0 radical (unpaired) electrons. The molecular weight excluding hydrogens is 262 g/mol. The minimum atomic E-state index is -0.0885. The van der Waals surface area contributed by atoms with Crippen LogP contribution in [-0.4, -0.2) is 28.5 Å². The zero-order chi connectivity index (χ0) is 14.5. The van der Waals surface area contributed by atoms with E-state index in [2.05, 4.69) is 29.4 Å². The number of aryl methyl sites for hydroxylation is 2. The van der Waals surface area contributed by atoms with Gasteiger partial charge < -0.3 is 5.32 Å². The zero-order valence-electron chi connectivity index (χ0n) is 12.1. The molecule has 0 aliphatic rings. The lowest BCUT2D eigenvalue weighted by Crippen LogP contribution is -2.34. The predicted molar refractivity (Wildman–Crippen MR) is 77.6 cm³/mol. The van der Waals surface area contributed by atoms with E-state index >= 15 is 0 Å². The van der Waals surface area contributed by atoms with Crippen molar-refractivity contribution in [2.75, 3.05) is 12.4 Å². The van der Waals surface area contributed by atoms with E-state index in [-0.39, 0.29) is 11.3 Å². The summed E-state index contributed by atoms with van der Waals surface area (Å²) >= 11 is 5.70. The highest BCUT2D eigenvalue weighted by atomic mass is 35.5. The van der Waals surface area contributed by atoms with Crippen molar-refractivity contribution in [3.63, 3.8) is 0 Å². The maximum atomic E-state index is 12.1. The number of carbonyl (C=O) groups excluding carboxylic acids is 1. The molecule has 0 saturated carbocycles. The molecule has 1 N–H and O–H groups in total. The van der Waals surface area contributed by atoms with Crippen molar-refractivity contribution in [2.24, 2.45) is 5.41 Å². The molecule has 0 saturated heterocycles. The molecule has 1 amide bonds. The van der Waals surface area contributed by atoms with Crippen LogP contribution in [0.2, 0.25) is 0 Å². The second-order valence-electron chi connectivity index (χ2n) is 5.62. The minimum Gasteiger partial charge on any atom is -0.351 e. The molecule has 19 heavy (non-hydrogen) atoms. The number of nitrogens with zero attached hydrogens (tertiary/aromatic N) is 2. The summed E-state index contributed by atoms with van der Waals surface area (Å²) in [5, 5.41) is 10.9. The van der Waals surface area contributed by atoms with Gasteiger partial charge in [0.15, 0.2) is 0 Å². The fourth-order valence-electron chi connectivity index (χ4n) is 1.83. The molecule has 0 aliphatic heterocycles. The van der Waals surface area contributed by atoms with E-state index in [4.69, 9.17) is 11.6 Å². The van der Waals surface area contributed by atoms with Crippen molar-refractivity contribution in [2.45, 2.75) is 40.5 Å². The quantitative estimate of drug-likeness (QED) is 0.817. The third kappa shape index (κ3) is 5.15. The van der Waals surface area contributed by atoms with Gasteiger partial charge in [0, 0.05) is 12.4 Å². The lowest BCUT2D eigenvalue weighted by Gasteiger charge is -2.24. The van der Waals surface area contributed by atoms with Crippen LogP contribution < -0.4 is 5.32 Å². The molecule has 1 rings (SSSR count). The van der Waals surface area contributed by atoms with E-state index in [1.165, 1.54) is 0 Å². The fraction of sp³-hybridized carbons (Fsp3) is 0.643. The Hall–Kier alpha value is -1.16. The summed E-state index contributed by atoms with van der Waals surface area (Å²) in [4.78, 5) is 12.1. The van der Waals surface area contributed by atoms with E-state index in [0.29, 0.717) is 23.7 Å². The number of rotatable bonds is 6. The van der Waals surface area contributed by atoms with Crippen LogP contribution in [-0.2, 0) is 0 Å². The molecule has 5 heteroatoms. The van der Waals surface area contributed by atoms with Crippen molar-refractivity contribution in [3.8, 4) is 0 Å². The van der Waals surface area contributed by atoms with Gasteiger partial charge in [-0.15, -0.1) is 11.6 Å². The lowest BCUT2D eigenvalue weighted by atomic mass is 9.88. The Kier molecular flexibility index (Phi) is 5.73. The van der Waals surface area contributed by atoms with Crippen LogP contribution >= 0.6 is 11.6 Å². The normalized spacial score (nSPS) is 11.4. The first-order valence-electron chi connectivity index (χ1n) is 6.51. The molecule has 1 aromatic rings. The Morgan fingerprint density at radius 3 is 2.68 bits per heavy atom. The Morgan fingerprint density at radius 1 is 1.37 bits per heavy atom. The summed E-state index contributed by atoms with van der Waals surface area (Å²) < 4.78 is 0. The average molecular weight is 284 g/mol. The fourth-order valence-corrected chi connectivity index (χ4v) is 1.96. The standard InChI is InChI=1S/C14H22ClN3O/c1-10-8-12(11(2)18-17-10)13(19)16-9-14(3,4)6-5-7-15/h8H,5-7,9H2,1-4H3,(H,16,19). The van der Waals surface area contributed by atoms with Gasteiger partial charge in [-0.2, -0.15) is 10.2 Å². The summed E-state index contributed by atoms with van der Waals surface area (Å²) in [6.07, 6.45) is 1.95. The second-order valence-corrected chi connectivity index (χ2v) is 6.00. The van der Waals surface area contributed by atoms with Crippen LogP contribution in [0.1, 0.15) is 48.4 Å². The number of carbonyl (C=O) groups is 1. The topological polar surface area (TPSA) is 54.9 Å². The Labute approximate surface area is 120 Å². The first-order chi connectivity index (χ1) is 8.85. The van der Waals surface area contributed by atoms with Crippen LogP contribution in [0.5, 0.6) is 0 Å². The lowest BCUT2D eigenvalue weighted by molar-refractivity contribution is 0.0933. The summed E-state index contributed by atoms with van der Waals surface area (Å²) in [5.41, 5.74) is 2.05. The number of nitrogens with one attached hydrogen (secondary N) is 1. The van der Waals surface area contributed by atoms with E-state index in [9.17, 15) is 4.79 Å². The van der Waals surface area contributed by atoms with Crippen molar-refractivity contribution in [3.05, 3.63) is 23.0 Å². The first-order valence-corrected chi connectivity index (χ1v) is 7.04. The van der Waals surface area contributed by atoms with Crippen molar-refractivity contribution < 1.29 is 4.79 Å². The molecule has 0 spiro atoms. The summed E-state index contributed by atoms with van der Waals surface area (Å²) in [5.74, 6) is 0.568. The monoisotopic (exact) mass is 283 g/mol. The van der Waals surface area contributed by atoms with Crippen molar-refractivity contribution in [1.29, 1.82) is 0 Å². The van der Waals surface area contributed by atoms with Gasteiger partial charge in [0.2, 0.25) is 0 Å². The number of amides is 1. The summed E-state index contributed by atoms with van der Waals surface area (Å²) in [6.45, 7) is 8.50. The smallest absolute Gasteiger partial charge is 0.253 e. The molecule has 1 heterocycles. The van der Waals surface area contributed by atoms with Crippen LogP contribution in [0.4, 0.5) is 0 Å². The Bertz CT molecular complexity index is 446. The van der Waals surface area contributed by atoms with Crippen molar-refractivity contribution >= 4 is 17.5 Å². The van der Waals surface area contributed by atoms with E-state index < -0.39 is 0 Å². The van der Waals surface area contributed by atoms with E-state index in [1.54, 1.807) is 13.0 Å². The van der Waals surface area contributed by atoms with E-state index in [1.807, 2.05) is 6.92 Å². The van der Waals surface area contributed by atoms with E-state index in [0.717, 1.165) is 18.5 Å². The minimum absolute atomic E-state index is 0.0496. The number of hydrogen-bond donors (Lipinski definition) is 1. The molecular formula is C14H22ClN3O. The molecule has 0 atom stereocenters. The largest absolute Gasteiger partial charge is 0.351 e. The van der Waals surface area contributed by atoms with Crippen molar-refractivity contribution in [1.82, 2.24) is 15.5 Å². The van der Waals surface area contributed by atoms with Crippen LogP contribution in [0, 0.1) is 19.3 Å². The van der Waals surface area contributed by atoms with Gasteiger partial charge in [-0.05, 0) is 38.2 Å². The maximum absolute atomic E-state index is 12.1. The SMILES string of the molecule is Cc1cc(C(=O)NCC(C)(C)CCCCl)c(C)nn1. The van der Waals surface area contributed by atoms with Gasteiger partial charge >= 0.3 is 0 Å². The number of halogens is 1. The Morgan fingerprint density at radius 2 is 2.05 bits per heavy atom. The highest BCUT2D eigenvalue weighted by molar-refractivity contribution is 6.17. The third-order valence-corrected chi connectivity index (χ3v) is 3.33. The number of hydrogen-bond acceptors (Lipinski definition) is 3. The molecule has 0 unspecified atom stereocenters. The average Bonchev–Trinajstić information content (AvgIpc) is 2.36. The van der Waals surface area contributed by atoms with Crippen LogP contribution in [0.25, 0.3) is 0 Å².